The molecule has 1 aromatic heterocycles. The van der Waals surface area contributed by atoms with Crippen LogP contribution in [0.1, 0.15) is 13.8 Å². The van der Waals surface area contributed by atoms with Crippen molar-refractivity contribution in [3.63, 3.8) is 0 Å². The van der Waals surface area contributed by atoms with Crippen LogP contribution in [0.15, 0.2) is 12.7 Å². The number of rotatable bonds is 7. The van der Waals surface area contributed by atoms with Gasteiger partial charge in [0.15, 0.2) is 0 Å². The minimum Gasteiger partial charge on any atom is -0.341 e. The SMILES string of the molecule is C=CCN(CC#N)c1nc(Cl)nc(N(CC)CC)n1. The Morgan fingerprint density at radius 1 is 1.21 bits per heavy atom. The first-order chi connectivity index (χ1) is 9.15. The Hall–Kier alpha value is -1.87. The van der Waals surface area contributed by atoms with Crippen LogP contribution in [0.5, 0.6) is 0 Å². The second-order valence-corrected chi connectivity index (χ2v) is 4.04. The maximum Gasteiger partial charge on any atom is 0.232 e. The van der Waals surface area contributed by atoms with E-state index < -0.39 is 0 Å². The average molecular weight is 281 g/mol. The largest absolute Gasteiger partial charge is 0.341 e. The molecule has 0 unspecified atom stereocenters. The molecule has 0 atom stereocenters. The number of hydrogen-bond donors (Lipinski definition) is 0. The fourth-order valence-corrected chi connectivity index (χ4v) is 1.73. The summed E-state index contributed by atoms with van der Waals surface area (Å²) in [7, 11) is 0. The zero-order valence-corrected chi connectivity index (χ0v) is 11.9. The summed E-state index contributed by atoms with van der Waals surface area (Å²) in [6.45, 7) is 9.87. The van der Waals surface area contributed by atoms with E-state index in [-0.39, 0.29) is 11.8 Å². The van der Waals surface area contributed by atoms with Crippen molar-refractivity contribution in [2.45, 2.75) is 13.8 Å². The van der Waals surface area contributed by atoms with Gasteiger partial charge in [-0.2, -0.15) is 20.2 Å². The molecule has 0 aliphatic rings. The molecule has 1 rings (SSSR count). The van der Waals surface area contributed by atoms with Crippen molar-refractivity contribution in [1.29, 1.82) is 5.26 Å². The highest BCUT2D eigenvalue weighted by atomic mass is 35.5. The zero-order chi connectivity index (χ0) is 14.3. The molecule has 0 aliphatic carbocycles. The third kappa shape index (κ3) is 4.07. The van der Waals surface area contributed by atoms with E-state index in [1.54, 1.807) is 11.0 Å². The zero-order valence-electron chi connectivity index (χ0n) is 11.2. The van der Waals surface area contributed by atoms with E-state index in [0.29, 0.717) is 18.4 Å². The molecule has 0 spiro atoms. The third-order valence-corrected chi connectivity index (χ3v) is 2.69. The van der Waals surface area contributed by atoms with Crippen LogP contribution in [0.2, 0.25) is 5.28 Å². The third-order valence-electron chi connectivity index (χ3n) is 2.52. The maximum absolute atomic E-state index is 8.82. The summed E-state index contributed by atoms with van der Waals surface area (Å²) in [5.41, 5.74) is 0. The average Bonchev–Trinajstić information content (AvgIpc) is 2.39. The summed E-state index contributed by atoms with van der Waals surface area (Å²) in [6.07, 6.45) is 1.69. The lowest BCUT2D eigenvalue weighted by atomic mass is 10.5. The summed E-state index contributed by atoms with van der Waals surface area (Å²) < 4.78 is 0. The quantitative estimate of drug-likeness (QED) is 0.561. The van der Waals surface area contributed by atoms with Gasteiger partial charge in [-0.3, -0.25) is 0 Å². The maximum atomic E-state index is 8.82. The van der Waals surface area contributed by atoms with Gasteiger partial charge in [-0.05, 0) is 25.4 Å². The summed E-state index contributed by atoms with van der Waals surface area (Å²) in [5.74, 6) is 0.912. The molecule has 0 saturated carbocycles. The van der Waals surface area contributed by atoms with Gasteiger partial charge in [-0.1, -0.05) is 6.08 Å². The molecule has 6 nitrogen and oxygen atoms in total. The van der Waals surface area contributed by atoms with Gasteiger partial charge in [0.1, 0.15) is 6.54 Å². The first-order valence-corrected chi connectivity index (χ1v) is 6.43. The molecule has 1 aromatic rings. The first kappa shape index (κ1) is 15.2. The topological polar surface area (TPSA) is 68.9 Å². The standard InChI is InChI=1S/C12H17ClN6/c1-4-8-19(9-7-14)12-16-10(13)15-11(17-12)18(5-2)6-3/h4H,1,5-6,8-9H2,2-3H3. The van der Waals surface area contributed by atoms with E-state index >= 15 is 0 Å². The predicted octanol–water partition coefficient (Wildman–Crippen LogP) is 1.89. The lowest BCUT2D eigenvalue weighted by Crippen LogP contribution is -2.29. The molecule has 0 aromatic carbocycles. The van der Waals surface area contributed by atoms with E-state index in [2.05, 4.69) is 27.6 Å². The fraction of sp³-hybridized carbons (Fsp3) is 0.500. The predicted molar refractivity (Wildman–Crippen MR) is 76.4 cm³/mol. The van der Waals surface area contributed by atoms with E-state index in [0.717, 1.165) is 13.1 Å². The normalized spacial score (nSPS) is 9.79. The van der Waals surface area contributed by atoms with Gasteiger partial charge in [0, 0.05) is 19.6 Å². The summed E-state index contributed by atoms with van der Waals surface area (Å²) in [5, 5.41) is 8.95. The van der Waals surface area contributed by atoms with Gasteiger partial charge < -0.3 is 9.80 Å². The van der Waals surface area contributed by atoms with Gasteiger partial charge in [-0.15, -0.1) is 6.58 Å². The highest BCUT2D eigenvalue weighted by Crippen LogP contribution is 2.16. The molecule has 1 heterocycles. The van der Waals surface area contributed by atoms with Crippen LogP contribution < -0.4 is 9.80 Å². The van der Waals surface area contributed by atoms with Gasteiger partial charge in [0.05, 0.1) is 6.07 Å². The highest BCUT2D eigenvalue weighted by Gasteiger charge is 2.14. The summed E-state index contributed by atoms with van der Waals surface area (Å²) in [6, 6.07) is 2.07. The minimum atomic E-state index is 0.124. The first-order valence-electron chi connectivity index (χ1n) is 6.05. The lowest BCUT2D eigenvalue weighted by molar-refractivity contribution is 0.795. The van der Waals surface area contributed by atoms with E-state index in [4.69, 9.17) is 16.9 Å². The van der Waals surface area contributed by atoms with Crippen molar-refractivity contribution in [3.8, 4) is 6.07 Å². The molecule has 0 radical (unpaired) electrons. The van der Waals surface area contributed by atoms with E-state index in [9.17, 15) is 0 Å². The van der Waals surface area contributed by atoms with Gasteiger partial charge in [0.25, 0.3) is 0 Å². The molecular weight excluding hydrogens is 264 g/mol. The second kappa shape index (κ2) is 7.54. The molecule has 102 valence electrons. The van der Waals surface area contributed by atoms with Crippen LogP contribution in [0.25, 0.3) is 0 Å². The minimum absolute atomic E-state index is 0.124. The number of nitrogens with zero attached hydrogens (tertiary/aromatic N) is 6. The summed E-state index contributed by atoms with van der Waals surface area (Å²) >= 11 is 5.93. The second-order valence-electron chi connectivity index (χ2n) is 3.70. The van der Waals surface area contributed by atoms with Crippen LogP contribution >= 0.6 is 11.6 Å². The number of nitriles is 1. The van der Waals surface area contributed by atoms with Crippen molar-refractivity contribution >= 4 is 23.5 Å². The van der Waals surface area contributed by atoms with Gasteiger partial charge in [0.2, 0.25) is 17.2 Å². The van der Waals surface area contributed by atoms with Crippen molar-refractivity contribution in [2.24, 2.45) is 0 Å². The Morgan fingerprint density at radius 2 is 1.79 bits per heavy atom. The summed E-state index contributed by atoms with van der Waals surface area (Å²) in [4.78, 5) is 16.2. The Balaban J connectivity index is 3.13. The molecule has 0 aliphatic heterocycles. The number of aromatic nitrogens is 3. The van der Waals surface area contributed by atoms with Crippen molar-refractivity contribution in [2.75, 3.05) is 36.0 Å². The molecule has 0 fully saturated rings. The van der Waals surface area contributed by atoms with E-state index in [1.165, 1.54) is 0 Å². The molecule has 0 amide bonds. The monoisotopic (exact) mass is 280 g/mol. The molecule has 0 N–H and O–H groups in total. The lowest BCUT2D eigenvalue weighted by Gasteiger charge is -2.22. The molecule has 7 heteroatoms. The van der Waals surface area contributed by atoms with Crippen molar-refractivity contribution < 1.29 is 0 Å². The van der Waals surface area contributed by atoms with Gasteiger partial charge >= 0.3 is 0 Å². The van der Waals surface area contributed by atoms with Crippen LogP contribution in [-0.4, -0.2) is 41.1 Å². The Labute approximate surface area is 118 Å². The van der Waals surface area contributed by atoms with Crippen LogP contribution in [0.4, 0.5) is 11.9 Å². The number of hydrogen-bond acceptors (Lipinski definition) is 6. The Morgan fingerprint density at radius 3 is 2.26 bits per heavy atom. The van der Waals surface area contributed by atoms with Crippen LogP contribution in [0.3, 0.4) is 0 Å². The van der Waals surface area contributed by atoms with E-state index in [1.807, 2.05) is 18.7 Å². The molecule has 0 saturated heterocycles. The van der Waals surface area contributed by atoms with Gasteiger partial charge in [-0.25, -0.2) is 0 Å². The van der Waals surface area contributed by atoms with Crippen molar-refractivity contribution in [1.82, 2.24) is 15.0 Å². The number of halogens is 1. The Bertz CT molecular complexity index is 466. The highest BCUT2D eigenvalue weighted by molar-refractivity contribution is 6.28. The Kier molecular flexibility index (Phi) is 6.03. The number of anilines is 2. The molecule has 0 bridgehead atoms. The van der Waals surface area contributed by atoms with Crippen LogP contribution in [0, 0.1) is 11.3 Å². The molecule has 19 heavy (non-hydrogen) atoms. The van der Waals surface area contributed by atoms with Crippen LogP contribution in [-0.2, 0) is 0 Å². The fourth-order valence-electron chi connectivity index (χ4n) is 1.58. The van der Waals surface area contributed by atoms with Crippen molar-refractivity contribution in [3.05, 3.63) is 17.9 Å². The smallest absolute Gasteiger partial charge is 0.232 e. The molecular formula is C12H17ClN6.